The van der Waals surface area contributed by atoms with Crippen LogP contribution in [0.5, 0.6) is 11.5 Å². The Labute approximate surface area is 176 Å². The van der Waals surface area contributed by atoms with E-state index in [1.54, 1.807) is 0 Å². The summed E-state index contributed by atoms with van der Waals surface area (Å²) in [4.78, 5) is 4.66. The minimum atomic E-state index is 0. The number of aromatic nitrogens is 1. The standard InChI is InChI=1S/C25H14NO.Ir/c1-2-9-17-16(8-1)23(20-12-7-15-26-25(17)20)24-18-10-3-5-13-21(18)27-22-14-6-4-11-19(22)24;/h1-8,10-15H;/q-1;. The van der Waals surface area contributed by atoms with Crippen LogP contribution in [0.25, 0.3) is 22.4 Å². The number of benzene rings is 3. The topological polar surface area (TPSA) is 22.1 Å². The molecule has 2 aliphatic rings. The van der Waals surface area contributed by atoms with Crippen LogP contribution in [0.15, 0.2) is 85.1 Å². The predicted molar refractivity (Wildman–Crippen MR) is 106 cm³/mol. The summed E-state index contributed by atoms with van der Waals surface area (Å²) in [6, 6.07) is 30.2. The molecular weight excluding hydrogens is 522 g/mol. The maximum absolute atomic E-state index is 6.19. The minimum absolute atomic E-state index is 0. The first kappa shape index (κ1) is 17.1. The van der Waals surface area contributed by atoms with Crippen LogP contribution in [-0.4, -0.2) is 4.98 Å². The summed E-state index contributed by atoms with van der Waals surface area (Å²) >= 11 is 0. The smallest absolute Gasteiger partial charge is 0.135 e. The fourth-order valence-corrected chi connectivity index (χ4v) is 4.12. The molecule has 0 saturated carbocycles. The van der Waals surface area contributed by atoms with Crippen molar-refractivity contribution in [2.75, 3.05) is 0 Å². The first-order valence-corrected chi connectivity index (χ1v) is 8.99. The molecule has 6 rings (SSSR count). The van der Waals surface area contributed by atoms with Crippen molar-refractivity contribution >= 4 is 11.1 Å². The average Bonchev–Trinajstić information content (AvgIpc) is 3.06. The van der Waals surface area contributed by atoms with E-state index >= 15 is 0 Å². The molecule has 2 heterocycles. The molecule has 0 fully saturated rings. The number of nitrogens with zero attached hydrogens (tertiary/aromatic N) is 1. The van der Waals surface area contributed by atoms with Crippen LogP contribution in [0.4, 0.5) is 0 Å². The number of para-hydroxylation sites is 2. The summed E-state index contributed by atoms with van der Waals surface area (Å²) in [6.07, 6.45) is 1.85. The molecule has 3 heteroatoms. The Balaban J connectivity index is 0.00000171. The van der Waals surface area contributed by atoms with Gasteiger partial charge in [-0.2, -0.15) is 0 Å². The van der Waals surface area contributed by atoms with Gasteiger partial charge in [-0.15, -0.1) is 29.8 Å². The van der Waals surface area contributed by atoms with Crippen molar-refractivity contribution in [3.05, 3.63) is 113 Å². The summed E-state index contributed by atoms with van der Waals surface area (Å²) in [5.41, 5.74) is 9.00. The van der Waals surface area contributed by atoms with E-state index in [2.05, 4.69) is 47.4 Å². The Kier molecular flexibility index (Phi) is 4.01. The molecule has 0 amide bonds. The SMILES string of the molecule is [Ir].[c-]1cccc2c1-c1ncccc1C2=C1c2ccccc2Oc2ccccc21. The van der Waals surface area contributed by atoms with E-state index in [0.29, 0.717) is 0 Å². The first-order valence-electron chi connectivity index (χ1n) is 8.99. The zero-order valence-electron chi connectivity index (χ0n) is 14.8. The normalized spacial score (nSPS) is 12.9. The van der Waals surface area contributed by atoms with Crippen LogP contribution >= 0.6 is 0 Å². The second-order valence-electron chi connectivity index (χ2n) is 6.70. The Morgan fingerprint density at radius 3 is 2.00 bits per heavy atom. The zero-order valence-corrected chi connectivity index (χ0v) is 17.2. The number of fused-ring (bicyclic) bond motifs is 5. The minimum Gasteiger partial charge on any atom is -0.456 e. The molecule has 0 saturated heterocycles. The zero-order chi connectivity index (χ0) is 17.8. The van der Waals surface area contributed by atoms with Crippen molar-refractivity contribution in [2.24, 2.45) is 0 Å². The van der Waals surface area contributed by atoms with Crippen LogP contribution in [0.3, 0.4) is 0 Å². The Morgan fingerprint density at radius 2 is 1.25 bits per heavy atom. The van der Waals surface area contributed by atoms with Gasteiger partial charge in [0.1, 0.15) is 11.5 Å². The van der Waals surface area contributed by atoms with Crippen molar-refractivity contribution < 1.29 is 24.8 Å². The van der Waals surface area contributed by atoms with E-state index in [4.69, 9.17) is 4.74 Å². The van der Waals surface area contributed by atoms with Crippen molar-refractivity contribution in [1.29, 1.82) is 0 Å². The van der Waals surface area contributed by atoms with Crippen molar-refractivity contribution in [1.82, 2.24) is 4.98 Å². The fraction of sp³-hybridized carbons (Fsp3) is 0. The third kappa shape index (κ3) is 2.34. The summed E-state index contributed by atoms with van der Waals surface area (Å²) in [5.74, 6) is 1.77. The predicted octanol–water partition coefficient (Wildman–Crippen LogP) is 5.97. The third-order valence-corrected chi connectivity index (χ3v) is 5.22. The van der Waals surface area contributed by atoms with Gasteiger partial charge >= 0.3 is 0 Å². The molecule has 28 heavy (non-hydrogen) atoms. The number of hydrogen-bond acceptors (Lipinski definition) is 2. The van der Waals surface area contributed by atoms with Gasteiger partial charge in [0, 0.05) is 37.4 Å². The molecule has 1 aliphatic carbocycles. The molecule has 0 atom stereocenters. The molecule has 0 bridgehead atoms. The molecule has 4 aromatic rings. The fourth-order valence-electron chi connectivity index (χ4n) is 4.12. The first-order chi connectivity index (χ1) is 13.4. The Hall–Kier alpha value is -3.00. The van der Waals surface area contributed by atoms with Gasteiger partial charge in [-0.1, -0.05) is 53.6 Å². The van der Waals surface area contributed by atoms with Crippen LogP contribution in [0, 0.1) is 6.07 Å². The van der Waals surface area contributed by atoms with Gasteiger partial charge in [0.15, 0.2) is 0 Å². The third-order valence-electron chi connectivity index (χ3n) is 5.22. The van der Waals surface area contributed by atoms with E-state index in [0.717, 1.165) is 39.4 Å². The van der Waals surface area contributed by atoms with E-state index < -0.39 is 0 Å². The molecule has 0 N–H and O–H groups in total. The second kappa shape index (κ2) is 6.56. The molecule has 1 aliphatic heterocycles. The molecule has 1 aromatic heterocycles. The summed E-state index contributed by atoms with van der Waals surface area (Å²) < 4.78 is 6.19. The molecule has 2 nitrogen and oxygen atoms in total. The van der Waals surface area contributed by atoms with Crippen LogP contribution in [-0.2, 0) is 20.1 Å². The second-order valence-corrected chi connectivity index (χ2v) is 6.70. The average molecular weight is 537 g/mol. The van der Waals surface area contributed by atoms with Crippen molar-refractivity contribution in [3.8, 4) is 22.8 Å². The van der Waals surface area contributed by atoms with Gasteiger partial charge in [-0.05, 0) is 35.0 Å². The molecule has 135 valence electrons. The maximum atomic E-state index is 6.19. The van der Waals surface area contributed by atoms with E-state index in [9.17, 15) is 0 Å². The molecular formula is C25H14IrNO-. The summed E-state index contributed by atoms with van der Waals surface area (Å²) in [7, 11) is 0. The maximum Gasteiger partial charge on any atom is 0.135 e. The van der Waals surface area contributed by atoms with Gasteiger partial charge in [-0.3, -0.25) is 0 Å². The van der Waals surface area contributed by atoms with Crippen molar-refractivity contribution in [3.63, 3.8) is 0 Å². The molecule has 3 aromatic carbocycles. The quantitative estimate of drug-likeness (QED) is 0.223. The van der Waals surface area contributed by atoms with Crippen LogP contribution in [0.2, 0.25) is 0 Å². The number of rotatable bonds is 0. The number of hydrogen-bond donors (Lipinski definition) is 0. The van der Waals surface area contributed by atoms with Crippen LogP contribution in [0.1, 0.15) is 22.3 Å². The largest absolute Gasteiger partial charge is 0.456 e. The summed E-state index contributed by atoms with van der Waals surface area (Å²) in [6.45, 7) is 0. The Bertz CT molecular complexity index is 1160. The van der Waals surface area contributed by atoms with Crippen molar-refractivity contribution in [2.45, 2.75) is 0 Å². The molecule has 0 spiro atoms. The molecule has 1 radical (unpaired) electrons. The monoisotopic (exact) mass is 537 g/mol. The molecule has 0 unspecified atom stereocenters. The Morgan fingerprint density at radius 1 is 0.643 bits per heavy atom. The summed E-state index contributed by atoms with van der Waals surface area (Å²) in [5, 5.41) is 0. The van der Waals surface area contributed by atoms with Gasteiger partial charge in [-0.25, -0.2) is 0 Å². The van der Waals surface area contributed by atoms with Crippen LogP contribution < -0.4 is 4.74 Å². The van der Waals surface area contributed by atoms with E-state index in [1.165, 1.54) is 16.7 Å². The van der Waals surface area contributed by atoms with Gasteiger partial charge in [0.05, 0.1) is 0 Å². The van der Waals surface area contributed by atoms with Gasteiger partial charge < -0.3 is 9.72 Å². The number of pyridine rings is 1. The van der Waals surface area contributed by atoms with Gasteiger partial charge in [0.25, 0.3) is 0 Å². The van der Waals surface area contributed by atoms with Gasteiger partial charge in [0.2, 0.25) is 0 Å². The van der Waals surface area contributed by atoms with E-state index in [-0.39, 0.29) is 20.1 Å². The number of ether oxygens (including phenoxy) is 1. The van der Waals surface area contributed by atoms with E-state index in [1.807, 2.05) is 48.7 Å².